The molecule has 1 fully saturated rings. The van der Waals surface area contributed by atoms with Crippen LogP contribution in [0.3, 0.4) is 0 Å². The van der Waals surface area contributed by atoms with Crippen molar-refractivity contribution >= 4 is 11.6 Å². The summed E-state index contributed by atoms with van der Waals surface area (Å²) in [7, 11) is 0. The van der Waals surface area contributed by atoms with Crippen molar-refractivity contribution in [2.75, 3.05) is 19.8 Å². The van der Waals surface area contributed by atoms with Crippen LogP contribution in [0, 0.1) is 5.92 Å². The highest BCUT2D eigenvalue weighted by Crippen LogP contribution is 2.31. The number of benzene rings is 1. The summed E-state index contributed by atoms with van der Waals surface area (Å²) in [5.41, 5.74) is 2.50. The molecule has 1 N–H and O–H groups in total. The van der Waals surface area contributed by atoms with Crippen LogP contribution in [0.1, 0.15) is 38.7 Å². The van der Waals surface area contributed by atoms with E-state index in [4.69, 9.17) is 16.3 Å². The second-order valence-corrected chi connectivity index (χ2v) is 8.15. The number of allylic oxidation sites excluding steroid dienone is 2. The van der Waals surface area contributed by atoms with E-state index in [-0.39, 0.29) is 11.5 Å². The van der Waals surface area contributed by atoms with E-state index in [9.17, 15) is 0 Å². The van der Waals surface area contributed by atoms with Crippen molar-refractivity contribution in [2.45, 2.75) is 44.6 Å². The van der Waals surface area contributed by atoms with Crippen molar-refractivity contribution in [1.82, 2.24) is 5.32 Å². The average molecular weight is 374 g/mol. The molecule has 1 saturated heterocycles. The average Bonchev–Trinajstić information content (AvgIpc) is 2.64. The lowest BCUT2D eigenvalue weighted by atomic mass is 9.77. The Kier molecular flexibility index (Phi) is 8.15. The van der Waals surface area contributed by atoms with Crippen LogP contribution in [-0.2, 0) is 10.2 Å². The van der Waals surface area contributed by atoms with Crippen molar-refractivity contribution in [3.8, 4) is 0 Å². The van der Waals surface area contributed by atoms with E-state index in [1.165, 1.54) is 11.1 Å². The molecule has 2 nitrogen and oxygen atoms in total. The first-order chi connectivity index (χ1) is 12.5. The van der Waals surface area contributed by atoms with Gasteiger partial charge in [-0.1, -0.05) is 69.0 Å². The zero-order valence-corrected chi connectivity index (χ0v) is 16.9. The van der Waals surface area contributed by atoms with E-state index in [2.05, 4.69) is 50.5 Å². The van der Waals surface area contributed by atoms with Gasteiger partial charge in [0, 0.05) is 24.3 Å². The topological polar surface area (TPSA) is 21.3 Å². The minimum absolute atomic E-state index is 0.0151. The summed E-state index contributed by atoms with van der Waals surface area (Å²) >= 11 is 6.06. The number of ether oxygens (including phenoxy) is 1. The highest BCUT2D eigenvalue weighted by molar-refractivity contribution is 6.30. The number of rotatable bonds is 9. The van der Waals surface area contributed by atoms with Crippen molar-refractivity contribution < 1.29 is 4.74 Å². The van der Waals surface area contributed by atoms with Gasteiger partial charge in [0.1, 0.15) is 0 Å². The first-order valence-electron chi connectivity index (χ1n) is 9.48. The molecule has 0 saturated carbocycles. The first kappa shape index (κ1) is 21.0. The molecule has 0 aromatic heterocycles. The van der Waals surface area contributed by atoms with E-state index in [1.54, 1.807) is 0 Å². The van der Waals surface area contributed by atoms with Crippen molar-refractivity contribution in [3.63, 3.8) is 0 Å². The minimum Gasteiger partial charge on any atom is -0.381 e. The Morgan fingerprint density at radius 1 is 1.27 bits per heavy atom. The van der Waals surface area contributed by atoms with Gasteiger partial charge in [0.25, 0.3) is 0 Å². The second kappa shape index (κ2) is 10.1. The maximum atomic E-state index is 6.06. The number of hydrogen-bond donors (Lipinski definition) is 1. The molecule has 1 unspecified atom stereocenters. The summed E-state index contributed by atoms with van der Waals surface area (Å²) in [5.74, 6) is 0.680. The fourth-order valence-corrected chi connectivity index (χ4v) is 3.69. The van der Waals surface area contributed by atoms with Crippen LogP contribution in [0.15, 0.2) is 61.2 Å². The van der Waals surface area contributed by atoms with Gasteiger partial charge in [-0.05, 0) is 60.4 Å². The molecule has 1 aromatic carbocycles. The lowest BCUT2D eigenvalue weighted by Gasteiger charge is -2.33. The molecule has 3 heteroatoms. The van der Waals surface area contributed by atoms with Crippen LogP contribution in [0.4, 0.5) is 0 Å². The highest BCUT2D eigenvalue weighted by Gasteiger charge is 2.27. The quantitative estimate of drug-likeness (QED) is 0.561. The number of nitrogens with one attached hydrogen (secondary N) is 1. The predicted molar refractivity (Wildman–Crippen MR) is 113 cm³/mol. The van der Waals surface area contributed by atoms with Crippen molar-refractivity contribution in [1.29, 1.82) is 0 Å². The Labute approximate surface area is 164 Å². The molecule has 1 aliphatic heterocycles. The summed E-state index contributed by atoms with van der Waals surface area (Å²) in [6, 6.07) is 8.43. The van der Waals surface area contributed by atoms with Gasteiger partial charge in [-0.15, -0.1) is 0 Å². The Hall–Kier alpha value is -1.35. The third-order valence-electron chi connectivity index (χ3n) is 5.28. The van der Waals surface area contributed by atoms with Crippen molar-refractivity contribution in [3.05, 3.63) is 71.8 Å². The Morgan fingerprint density at radius 3 is 2.50 bits per heavy atom. The molecule has 1 atom stereocenters. The molecule has 0 radical (unpaired) electrons. The van der Waals surface area contributed by atoms with Crippen LogP contribution >= 0.6 is 11.6 Å². The summed E-state index contributed by atoms with van der Waals surface area (Å²) in [6.07, 6.45) is 9.09. The van der Waals surface area contributed by atoms with Gasteiger partial charge in [0.2, 0.25) is 0 Å². The molecular formula is C23H32ClNO. The van der Waals surface area contributed by atoms with E-state index < -0.39 is 0 Å². The van der Waals surface area contributed by atoms with Crippen LogP contribution in [0.2, 0.25) is 5.02 Å². The van der Waals surface area contributed by atoms with Gasteiger partial charge in [0.15, 0.2) is 0 Å². The first-order valence-corrected chi connectivity index (χ1v) is 9.86. The Morgan fingerprint density at radius 2 is 1.92 bits per heavy atom. The Bertz CT molecular complexity index is 612. The van der Waals surface area contributed by atoms with Crippen LogP contribution in [0.25, 0.3) is 0 Å². The lowest BCUT2D eigenvalue weighted by Crippen LogP contribution is -2.40. The largest absolute Gasteiger partial charge is 0.381 e. The number of hydrogen-bond acceptors (Lipinski definition) is 2. The normalized spacial score (nSPS) is 17.7. The monoisotopic (exact) mass is 373 g/mol. The smallest absolute Gasteiger partial charge is 0.0469 e. The summed E-state index contributed by atoms with van der Waals surface area (Å²) in [4.78, 5) is 0. The van der Waals surface area contributed by atoms with E-state index in [0.29, 0.717) is 5.92 Å². The summed E-state index contributed by atoms with van der Waals surface area (Å²) < 4.78 is 5.48. The van der Waals surface area contributed by atoms with Gasteiger partial charge in [-0.3, -0.25) is 0 Å². The highest BCUT2D eigenvalue weighted by atomic mass is 35.5. The molecule has 1 aliphatic rings. The SMILES string of the molecule is C=C/C=C(\C=C)C(CC(C)(C)c1ccc(Cl)cc1)NCC1CCOCC1. The fourth-order valence-electron chi connectivity index (χ4n) is 3.56. The zero-order valence-electron chi connectivity index (χ0n) is 16.1. The molecule has 1 heterocycles. The molecule has 1 aromatic rings. The molecule has 0 spiro atoms. The molecule has 0 amide bonds. The third kappa shape index (κ3) is 6.12. The Balaban J connectivity index is 2.13. The van der Waals surface area contributed by atoms with E-state index in [1.807, 2.05) is 24.3 Å². The van der Waals surface area contributed by atoms with Crippen molar-refractivity contribution in [2.24, 2.45) is 5.92 Å². The van der Waals surface area contributed by atoms with Gasteiger partial charge in [0.05, 0.1) is 0 Å². The fraction of sp³-hybridized carbons (Fsp3) is 0.478. The van der Waals surface area contributed by atoms with Crippen LogP contribution < -0.4 is 5.32 Å². The molecule has 26 heavy (non-hydrogen) atoms. The summed E-state index contributed by atoms with van der Waals surface area (Å²) in [6.45, 7) is 15.2. The van der Waals surface area contributed by atoms with Crippen LogP contribution in [-0.4, -0.2) is 25.8 Å². The predicted octanol–water partition coefficient (Wildman–Crippen LogP) is 5.69. The molecule has 2 rings (SSSR count). The van der Waals surface area contributed by atoms with Gasteiger partial charge in [-0.2, -0.15) is 0 Å². The maximum Gasteiger partial charge on any atom is 0.0469 e. The van der Waals surface area contributed by atoms with E-state index >= 15 is 0 Å². The third-order valence-corrected chi connectivity index (χ3v) is 5.53. The van der Waals surface area contributed by atoms with E-state index in [0.717, 1.165) is 44.0 Å². The standard InChI is InChI=1S/C23H32ClNO/c1-5-7-19(6-2)22(25-17-18-12-14-26-15-13-18)16-23(3,4)20-8-10-21(24)11-9-20/h5-11,18,22,25H,1-2,12-17H2,3-4H3/b19-7+. The number of halogens is 1. The van der Waals surface area contributed by atoms with Gasteiger partial charge >= 0.3 is 0 Å². The van der Waals surface area contributed by atoms with Crippen LogP contribution in [0.5, 0.6) is 0 Å². The summed E-state index contributed by atoms with van der Waals surface area (Å²) in [5, 5.41) is 4.57. The maximum absolute atomic E-state index is 6.06. The molecule has 142 valence electrons. The van der Waals surface area contributed by atoms with Gasteiger partial charge in [-0.25, -0.2) is 0 Å². The minimum atomic E-state index is 0.0151. The molecule has 0 aliphatic carbocycles. The molecular weight excluding hydrogens is 342 g/mol. The second-order valence-electron chi connectivity index (χ2n) is 7.72. The molecule has 0 bridgehead atoms. The van der Waals surface area contributed by atoms with Gasteiger partial charge < -0.3 is 10.1 Å². The lowest BCUT2D eigenvalue weighted by molar-refractivity contribution is 0.0655. The zero-order chi connectivity index (χ0) is 19.0.